The van der Waals surface area contributed by atoms with E-state index < -0.39 is 15.8 Å². The minimum absolute atomic E-state index is 0.183. The van der Waals surface area contributed by atoms with Crippen LogP contribution in [0.2, 0.25) is 0 Å². The highest BCUT2D eigenvalue weighted by Gasteiger charge is 2.14. The Morgan fingerprint density at radius 1 is 1.44 bits per heavy atom. The number of nitrogens with one attached hydrogen (secondary N) is 1. The van der Waals surface area contributed by atoms with E-state index in [4.69, 9.17) is 18.0 Å². The van der Waals surface area contributed by atoms with Gasteiger partial charge in [0.15, 0.2) is 0 Å². The van der Waals surface area contributed by atoms with Crippen molar-refractivity contribution < 1.29 is 12.8 Å². The summed E-state index contributed by atoms with van der Waals surface area (Å²) in [7, 11) is -3.70. The number of unbranched alkanes of at least 4 members (excludes halogenated alkanes) is 1. The number of sulfonamides is 1. The second kappa shape index (κ2) is 6.72. The molecular formula is C10H14FN3O2S2. The first kappa shape index (κ1) is 14.9. The van der Waals surface area contributed by atoms with Gasteiger partial charge in [0.05, 0.1) is 11.2 Å². The van der Waals surface area contributed by atoms with Crippen LogP contribution in [0.25, 0.3) is 0 Å². The van der Waals surface area contributed by atoms with E-state index in [1.165, 1.54) is 0 Å². The number of nitrogens with two attached hydrogens (primary N) is 1. The fourth-order valence-corrected chi connectivity index (χ4v) is 2.44. The predicted octanol–water partition coefficient (Wildman–Crippen LogP) is 0.955. The van der Waals surface area contributed by atoms with Gasteiger partial charge in [0.2, 0.25) is 10.0 Å². The summed E-state index contributed by atoms with van der Waals surface area (Å²) in [6.07, 6.45) is 3.94. The third-order valence-electron chi connectivity index (χ3n) is 2.13. The average molecular weight is 291 g/mol. The van der Waals surface area contributed by atoms with Gasteiger partial charge in [-0.15, -0.1) is 0 Å². The van der Waals surface area contributed by atoms with Crippen LogP contribution in [0.1, 0.15) is 19.3 Å². The summed E-state index contributed by atoms with van der Waals surface area (Å²) in [6.45, 7) is 0.251. The van der Waals surface area contributed by atoms with Gasteiger partial charge < -0.3 is 5.73 Å². The van der Waals surface area contributed by atoms with Crippen LogP contribution < -0.4 is 10.5 Å². The second-order valence-corrected chi connectivity index (χ2v) is 5.95. The zero-order valence-corrected chi connectivity index (χ0v) is 11.2. The molecule has 1 aromatic rings. The average Bonchev–Trinajstić information content (AvgIpc) is 2.28. The van der Waals surface area contributed by atoms with Crippen molar-refractivity contribution in [2.24, 2.45) is 5.73 Å². The van der Waals surface area contributed by atoms with Gasteiger partial charge in [0.25, 0.3) is 0 Å². The van der Waals surface area contributed by atoms with Crippen LogP contribution in [0, 0.1) is 5.82 Å². The molecule has 0 fully saturated rings. The predicted molar refractivity (Wildman–Crippen MR) is 70.0 cm³/mol. The first-order valence-corrected chi connectivity index (χ1v) is 7.19. The summed E-state index contributed by atoms with van der Waals surface area (Å²) in [5.41, 5.74) is 5.31. The van der Waals surface area contributed by atoms with E-state index in [-0.39, 0.29) is 11.4 Å². The number of pyridine rings is 1. The Labute approximate surface area is 111 Å². The number of rotatable bonds is 7. The smallest absolute Gasteiger partial charge is 0.242 e. The quantitative estimate of drug-likeness (QED) is 0.577. The third-order valence-corrected chi connectivity index (χ3v) is 3.76. The van der Waals surface area contributed by atoms with Crippen molar-refractivity contribution in [2.45, 2.75) is 24.2 Å². The highest BCUT2D eigenvalue weighted by Crippen LogP contribution is 2.08. The molecule has 3 N–H and O–H groups in total. The number of thiocarbonyl (C=S) groups is 1. The zero-order chi connectivity index (χ0) is 13.6. The van der Waals surface area contributed by atoms with Crippen LogP contribution in [0.4, 0.5) is 4.39 Å². The molecule has 0 amide bonds. The molecule has 0 aliphatic rings. The highest BCUT2D eigenvalue weighted by atomic mass is 32.2. The van der Waals surface area contributed by atoms with Crippen LogP contribution in [0.5, 0.6) is 0 Å². The van der Waals surface area contributed by atoms with Gasteiger partial charge in [-0.2, -0.15) is 0 Å². The lowest BCUT2D eigenvalue weighted by Crippen LogP contribution is -2.25. The van der Waals surface area contributed by atoms with Gasteiger partial charge in [-0.3, -0.25) is 4.98 Å². The van der Waals surface area contributed by atoms with Gasteiger partial charge in [-0.05, 0) is 25.3 Å². The molecule has 0 bridgehead atoms. The first-order chi connectivity index (χ1) is 8.42. The second-order valence-electron chi connectivity index (χ2n) is 3.66. The molecule has 100 valence electrons. The summed E-state index contributed by atoms with van der Waals surface area (Å²) in [5.74, 6) is -0.689. The Hall–Kier alpha value is -1.12. The van der Waals surface area contributed by atoms with Gasteiger partial charge in [0, 0.05) is 12.7 Å². The fraction of sp³-hybridized carbons (Fsp3) is 0.400. The lowest BCUT2D eigenvalue weighted by atomic mass is 10.2. The van der Waals surface area contributed by atoms with Crippen molar-refractivity contribution >= 4 is 27.2 Å². The molecule has 18 heavy (non-hydrogen) atoms. The summed E-state index contributed by atoms with van der Waals surface area (Å²) in [6, 6.07) is 0.921. The maximum Gasteiger partial charge on any atom is 0.242 e. The summed E-state index contributed by atoms with van der Waals surface area (Å²) in [5, 5.41) is 0. The molecule has 0 aliphatic heterocycles. The van der Waals surface area contributed by atoms with E-state index in [1.54, 1.807) is 0 Å². The molecule has 5 nitrogen and oxygen atoms in total. The van der Waals surface area contributed by atoms with Crippen molar-refractivity contribution in [2.75, 3.05) is 6.54 Å². The molecule has 1 rings (SSSR count). The first-order valence-electron chi connectivity index (χ1n) is 5.30. The summed E-state index contributed by atoms with van der Waals surface area (Å²) >= 11 is 4.70. The molecule has 0 atom stereocenters. The Balaban J connectivity index is 2.48. The SMILES string of the molecule is NC(=S)CCCCNS(=O)(=O)c1cncc(F)c1. The van der Waals surface area contributed by atoms with E-state index in [0.717, 1.165) is 18.5 Å². The van der Waals surface area contributed by atoms with E-state index in [0.29, 0.717) is 24.3 Å². The van der Waals surface area contributed by atoms with E-state index in [2.05, 4.69) is 9.71 Å². The Bertz CT molecular complexity index is 520. The van der Waals surface area contributed by atoms with Crippen LogP contribution in [0.3, 0.4) is 0 Å². The van der Waals surface area contributed by atoms with Crippen LogP contribution in [0.15, 0.2) is 23.4 Å². The van der Waals surface area contributed by atoms with Gasteiger partial charge in [-0.25, -0.2) is 17.5 Å². The van der Waals surface area contributed by atoms with Crippen molar-refractivity contribution in [3.8, 4) is 0 Å². The Morgan fingerprint density at radius 3 is 2.78 bits per heavy atom. The highest BCUT2D eigenvalue weighted by molar-refractivity contribution is 7.89. The molecular weight excluding hydrogens is 277 g/mol. The van der Waals surface area contributed by atoms with E-state index >= 15 is 0 Å². The number of nitrogens with zero attached hydrogens (tertiary/aromatic N) is 1. The molecule has 1 heterocycles. The van der Waals surface area contributed by atoms with Crippen molar-refractivity contribution in [1.29, 1.82) is 0 Å². The molecule has 8 heteroatoms. The topological polar surface area (TPSA) is 85.1 Å². The molecule has 0 saturated heterocycles. The third kappa shape index (κ3) is 5.03. The van der Waals surface area contributed by atoms with Crippen LogP contribution >= 0.6 is 12.2 Å². The fourth-order valence-electron chi connectivity index (χ4n) is 1.25. The molecule has 1 aromatic heterocycles. The van der Waals surface area contributed by atoms with Crippen molar-refractivity contribution in [1.82, 2.24) is 9.71 Å². The molecule has 0 saturated carbocycles. The molecule has 0 radical (unpaired) electrons. The number of hydrogen-bond donors (Lipinski definition) is 2. The Morgan fingerprint density at radius 2 is 2.17 bits per heavy atom. The van der Waals surface area contributed by atoms with Gasteiger partial charge in [-0.1, -0.05) is 12.2 Å². The van der Waals surface area contributed by atoms with E-state index in [9.17, 15) is 12.8 Å². The van der Waals surface area contributed by atoms with Crippen molar-refractivity contribution in [3.63, 3.8) is 0 Å². The van der Waals surface area contributed by atoms with Crippen LogP contribution in [-0.2, 0) is 10.0 Å². The van der Waals surface area contributed by atoms with E-state index in [1.807, 2.05) is 0 Å². The minimum Gasteiger partial charge on any atom is -0.393 e. The molecule has 0 aromatic carbocycles. The maximum atomic E-state index is 12.8. The molecule has 0 unspecified atom stereocenters. The standard InChI is InChI=1S/C10H14FN3O2S2/c11-8-5-9(7-13-6-8)18(15,16)14-4-2-1-3-10(12)17/h5-7,14H,1-4H2,(H2,12,17). The lowest BCUT2D eigenvalue weighted by molar-refractivity contribution is 0.572. The summed E-state index contributed by atoms with van der Waals surface area (Å²) in [4.78, 5) is 3.72. The lowest BCUT2D eigenvalue weighted by Gasteiger charge is -2.06. The number of hydrogen-bond acceptors (Lipinski definition) is 4. The zero-order valence-electron chi connectivity index (χ0n) is 9.60. The normalized spacial score (nSPS) is 11.4. The van der Waals surface area contributed by atoms with Crippen molar-refractivity contribution in [3.05, 3.63) is 24.3 Å². The number of halogens is 1. The largest absolute Gasteiger partial charge is 0.393 e. The van der Waals surface area contributed by atoms with Gasteiger partial charge in [0.1, 0.15) is 10.7 Å². The number of aromatic nitrogens is 1. The monoisotopic (exact) mass is 291 g/mol. The molecule has 0 aliphatic carbocycles. The Kier molecular flexibility index (Phi) is 5.57. The molecule has 0 spiro atoms. The minimum atomic E-state index is -3.70. The van der Waals surface area contributed by atoms with Gasteiger partial charge >= 0.3 is 0 Å². The summed E-state index contributed by atoms with van der Waals surface area (Å²) < 4.78 is 38.6. The van der Waals surface area contributed by atoms with Crippen LogP contribution in [-0.4, -0.2) is 24.9 Å². The maximum absolute atomic E-state index is 12.8.